The van der Waals surface area contributed by atoms with Gasteiger partial charge in [0.1, 0.15) is 6.33 Å². The van der Waals surface area contributed by atoms with E-state index in [0.717, 1.165) is 62.0 Å². The molecule has 1 aliphatic rings. The number of halogens is 1. The third-order valence-electron chi connectivity index (χ3n) is 4.51. The first-order valence-electron chi connectivity index (χ1n) is 9.39. The Labute approximate surface area is 178 Å². The molecule has 0 aliphatic carbocycles. The maximum Gasteiger partial charge on any atom is 0.194 e. The Morgan fingerprint density at radius 1 is 1.33 bits per heavy atom. The van der Waals surface area contributed by atoms with Gasteiger partial charge in [-0.3, -0.25) is 5.10 Å². The minimum absolute atomic E-state index is 0. The van der Waals surface area contributed by atoms with Crippen LogP contribution in [-0.4, -0.2) is 58.4 Å². The molecule has 8 heteroatoms. The zero-order valence-corrected chi connectivity index (χ0v) is 18.3. The smallest absolute Gasteiger partial charge is 0.194 e. The highest BCUT2D eigenvalue weighted by Crippen LogP contribution is 2.17. The lowest BCUT2D eigenvalue weighted by molar-refractivity contribution is 0.0263. The molecule has 27 heavy (non-hydrogen) atoms. The summed E-state index contributed by atoms with van der Waals surface area (Å²) < 4.78 is 5.75. The number of H-pyrrole nitrogens is 1. The minimum Gasteiger partial charge on any atom is -0.378 e. The summed E-state index contributed by atoms with van der Waals surface area (Å²) in [6.45, 7) is 8.42. The van der Waals surface area contributed by atoms with Crippen molar-refractivity contribution in [2.75, 3.05) is 26.2 Å². The number of nitrogens with one attached hydrogen (secondary N) is 2. The maximum atomic E-state index is 5.75. The molecule has 0 amide bonds. The number of rotatable bonds is 6. The first-order valence-corrected chi connectivity index (χ1v) is 9.39. The highest BCUT2D eigenvalue weighted by Gasteiger charge is 2.21. The van der Waals surface area contributed by atoms with Crippen LogP contribution in [0.3, 0.4) is 0 Å². The third-order valence-corrected chi connectivity index (χ3v) is 4.51. The molecule has 0 saturated carbocycles. The van der Waals surface area contributed by atoms with Gasteiger partial charge < -0.3 is 15.0 Å². The van der Waals surface area contributed by atoms with Crippen LogP contribution in [0.15, 0.2) is 35.6 Å². The van der Waals surface area contributed by atoms with Gasteiger partial charge in [0.15, 0.2) is 11.8 Å². The Bertz CT molecular complexity index is 698. The molecule has 2 heterocycles. The van der Waals surface area contributed by atoms with Gasteiger partial charge in [0, 0.05) is 31.8 Å². The second-order valence-electron chi connectivity index (χ2n) is 6.35. The molecule has 1 aliphatic heterocycles. The number of piperidine rings is 1. The lowest BCUT2D eigenvalue weighted by Crippen LogP contribution is -2.47. The van der Waals surface area contributed by atoms with E-state index in [1.807, 2.05) is 12.1 Å². The predicted molar refractivity (Wildman–Crippen MR) is 118 cm³/mol. The standard InChI is InChI=1S/C19H28N6O.HI/c1-3-20-19(25-10-8-17(9-11-25)26-4-2)21-13-15-6-5-7-16(12-15)18-22-14-23-24-18;/h5-7,12,14,17H,3-4,8-11,13H2,1-2H3,(H,20,21)(H,22,23,24);1H. The molecule has 7 nitrogen and oxygen atoms in total. The molecule has 1 saturated heterocycles. The molecule has 2 N–H and O–H groups in total. The van der Waals surface area contributed by atoms with Crippen molar-refractivity contribution >= 4 is 29.9 Å². The highest BCUT2D eigenvalue weighted by atomic mass is 127. The molecule has 1 aromatic carbocycles. The molecule has 148 valence electrons. The van der Waals surface area contributed by atoms with E-state index in [-0.39, 0.29) is 24.0 Å². The van der Waals surface area contributed by atoms with Crippen molar-refractivity contribution < 1.29 is 4.74 Å². The van der Waals surface area contributed by atoms with Gasteiger partial charge in [0.25, 0.3) is 0 Å². The molecule has 0 spiro atoms. The first kappa shape index (κ1) is 21.6. The van der Waals surface area contributed by atoms with Crippen molar-refractivity contribution in [3.05, 3.63) is 36.2 Å². The van der Waals surface area contributed by atoms with Gasteiger partial charge in [-0.25, -0.2) is 9.98 Å². The summed E-state index contributed by atoms with van der Waals surface area (Å²) in [5, 5.41) is 10.2. The Morgan fingerprint density at radius 3 is 2.81 bits per heavy atom. The zero-order chi connectivity index (χ0) is 18.2. The normalized spacial score (nSPS) is 15.5. The summed E-state index contributed by atoms with van der Waals surface area (Å²) in [5.74, 6) is 1.76. The lowest BCUT2D eigenvalue weighted by atomic mass is 10.1. The van der Waals surface area contributed by atoms with Crippen LogP contribution in [0.5, 0.6) is 0 Å². The zero-order valence-electron chi connectivity index (χ0n) is 16.0. The average Bonchev–Trinajstić information content (AvgIpc) is 3.21. The van der Waals surface area contributed by atoms with Crippen LogP contribution in [0.25, 0.3) is 11.4 Å². The van der Waals surface area contributed by atoms with E-state index in [0.29, 0.717) is 12.6 Å². The van der Waals surface area contributed by atoms with Crippen molar-refractivity contribution in [1.82, 2.24) is 25.4 Å². The molecule has 3 rings (SSSR count). The Morgan fingerprint density at radius 2 is 2.15 bits per heavy atom. The quantitative estimate of drug-likeness (QED) is 0.375. The van der Waals surface area contributed by atoms with Crippen molar-refractivity contribution in [3.8, 4) is 11.4 Å². The van der Waals surface area contributed by atoms with Crippen LogP contribution in [0.4, 0.5) is 0 Å². The van der Waals surface area contributed by atoms with Crippen LogP contribution >= 0.6 is 24.0 Å². The molecular weight excluding hydrogens is 455 g/mol. The monoisotopic (exact) mass is 484 g/mol. The number of aromatic amines is 1. The minimum atomic E-state index is 0. The predicted octanol–water partition coefficient (Wildman–Crippen LogP) is 3.06. The largest absolute Gasteiger partial charge is 0.378 e. The summed E-state index contributed by atoms with van der Waals surface area (Å²) in [7, 11) is 0. The maximum absolute atomic E-state index is 5.75. The van der Waals surface area contributed by atoms with Crippen LogP contribution < -0.4 is 5.32 Å². The van der Waals surface area contributed by atoms with Gasteiger partial charge in [-0.1, -0.05) is 18.2 Å². The topological polar surface area (TPSA) is 78.4 Å². The number of benzene rings is 1. The number of likely N-dealkylation sites (tertiary alicyclic amines) is 1. The van der Waals surface area contributed by atoms with E-state index in [1.165, 1.54) is 6.33 Å². The van der Waals surface area contributed by atoms with Gasteiger partial charge in [-0.2, -0.15) is 5.10 Å². The SMILES string of the molecule is CCNC(=NCc1cccc(-c2ncn[nH]2)c1)N1CCC(OCC)CC1.I. The second kappa shape index (κ2) is 11.2. The van der Waals surface area contributed by atoms with E-state index >= 15 is 0 Å². The molecule has 2 aromatic rings. The van der Waals surface area contributed by atoms with Crippen molar-refractivity contribution in [1.29, 1.82) is 0 Å². The van der Waals surface area contributed by atoms with E-state index in [2.05, 4.69) is 51.4 Å². The van der Waals surface area contributed by atoms with Crippen LogP contribution in [0.1, 0.15) is 32.3 Å². The van der Waals surface area contributed by atoms with Crippen molar-refractivity contribution in [2.45, 2.75) is 39.3 Å². The number of nitrogens with zero attached hydrogens (tertiary/aromatic N) is 4. The van der Waals surface area contributed by atoms with E-state index in [9.17, 15) is 0 Å². The summed E-state index contributed by atoms with van der Waals surface area (Å²) >= 11 is 0. The van der Waals surface area contributed by atoms with E-state index in [4.69, 9.17) is 9.73 Å². The third kappa shape index (κ3) is 6.17. The molecule has 1 aromatic heterocycles. The van der Waals surface area contributed by atoms with Crippen LogP contribution in [-0.2, 0) is 11.3 Å². The Hall–Kier alpha value is -1.68. The number of aliphatic imine (C=N–C) groups is 1. The fraction of sp³-hybridized carbons (Fsp3) is 0.526. The van der Waals surface area contributed by atoms with Crippen LogP contribution in [0.2, 0.25) is 0 Å². The summed E-state index contributed by atoms with van der Waals surface area (Å²) in [6, 6.07) is 8.25. The summed E-state index contributed by atoms with van der Waals surface area (Å²) in [6.07, 6.45) is 4.02. The molecular formula is C19H29IN6O. The van der Waals surface area contributed by atoms with Gasteiger partial charge in [-0.05, 0) is 38.3 Å². The number of hydrogen-bond donors (Lipinski definition) is 2. The van der Waals surface area contributed by atoms with Crippen molar-refractivity contribution in [3.63, 3.8) is 0 Å². The van der Waals surface area contributed by atoms with Gasteiger partial charge in [-0.15, -0.1) is 24.0 Å². The van der Waals surface area contributed by atoms with E-state index in [1.54, 1.807) is 0 Å². The molecule has 0 unspecified atom stereocenters. The number of guanidine groups is 1. The summed E-state index contributed by atoms with van der Waals surface area (Å²) in [5.41, 5.74) is 2.18. The fourth-order valence-electron chi connectivity index (χ4n) is 3.22. The first-order chi connectivity index (χ1) is 12.8. The Balaban J connectivity index is 0.00000261. The van der Waals surface area contributed by atoms with E-state index < -0.39 is 0 Å². The van der Waals surface area contributed by atoms with Gasteiger partial charge in [0.05, 0.1) is 12.6 Å². The highest BCUT2D eigenvalue weighted by molar-refractivity contribution is 14.0. The number of aromatic nitrogens is 3. The molecule has 1 fully saturated rings. The lowest BCUT2D eigenvalue weighted by Gasteiger charge is -2.34. The number of hydrogen-bond acceptors (Lipinski definition) is 4. The molecule has 0 atom stereocenters. The number of ether oxygens (including phenoxy) is 1. The van der Waals surface area contributed by atoms with Gasteiger partial charge >= 0.3 is 0 Å². The molecule has 0 bridgehead atoms. The average molecular weight is 484 g/mol. The summed E-state index contributed by atoms with van der Waals surface area (Å²) in [4.78, 5) is 11.4. The van der Waals surface area contributed by atoms with Crippen LogP contribution in [0, 0.1) is 0 Å². The second-order valence-corrected chi connectivity index (χ2v) is 6.35. The van der Waals surface area contributed by atoms with Gasteiger partial charge in [0.2, 0.25) is 0 Å². The fourth-order valence-corrected chi connectivity index (χ4v) is 3.22. The molecule has 0 radical (unpaired) electrons. The van der Waals surface area contributed by atoms with Crippen molar-refractivity contribution in [2.24, 2.45) is 4.99 Å². The Kier molecular flexibility index (Phi) is 8.99.